The first-order valence-corrected chi connectivity index (χ1v) is 8.39. The van der Waals surface area contributed by atoms with Crippen molar-refractivity contribution in [3.05, 3.63) is 78.1 Å². The van der Waals surface area contributed by atoms with Gasteiger partial charge in [-0.1, -0.05) is 36.4 Å². The van der Waals surface area contributed by atoms with Gasteiger partial charge in [0.1, 0.15) is 5.69 Å². The Morgan fingerprint density at radius 3 is 2.58 bits per heavy atom. The molecule has 0 saturated carbocycles. The molecule has 0 radical (unpaired) electrons. The molecule has 0 amide bonds. The van der Waals surface area contributed by atoms with E-state index in [-0.39, 0.29) is 11.0 Å². The zero-order chi connectivity index (χ0) is 16.5. The largest absolute Gasteiger partial charge is 0.286 e. The highest BCUT2D eigenvalue weighted by molar-refractivity contribution is 7.98. The van der Waals surface area contributed by atoms with Gasteiger partial charge in [-0.15, -0.1) is 0 Å². The molecule has 3 nitrogen and oxygen atoms in total. The molecule has 0 aliphatic rings. The predicted octanol–water partition coefficient (Wildman–Crippen LogP) is 5.45. The van der Waals surface area contributed by atoms with Crippen LogP contribution in [0.15, 0.2) is 71.9 Å². The molecule has 0 spiro atoms. The fourth-order valence-electron chi connectivity index (χ4n) is 2.54. The molecule has 4 rings (SSSR count). The maximum absolute atomic E-state index is 14.2. The Morgan fingerprint density at radius 2 is 1.75 bits per heavy atom. The number of halogens is 2. The van der Waals surface area contributed by atoms with Crippen molar-refractivity contribution in [2.75, 3.05) is 0 Å². The summed E-state index contributed by atoms with van der Waals surface area (Å²) in [4.78, 5) is 8.85. The molecule has 4 aromatic rings. The molecule has 0 aliphatic heterocycles. The number of fused-ring (bicyclic) bond motifs is 1. The van der Waals surface area contributed by atoms with Crippen molar-refractivity contribution in [2.24, 2.45) is 0 Å². The topological polar surface area (TPSA) is 30.7 Å². The van der Waals surface area contributed by atoms with Crippen LogP contribution in [0.3, 0.4) is 0 Å². The van der Waals surface area contributed by atoms with E-state index in [4.69, 9.17) is 11.6 Å². The SMILES string of the molecule is Fc1cnc(Cl)nc1-c1cn(Sc2ccccc2)c2ccccc12. The minimum Gasteiger partial charge on any atom is -0.286 e. The Balaban J connectivity index is 1.90. The van der Waals surface area contributed by atoms with Gasteiger partial charge in [0, 0.05) is 22.0 Å². The fourth-order valence-corrected chi connectivity index (χ4v) is 3.60. The van der Waals surface area contributed by atoms with Gasteiger partial charge in [-0.05, 0) is 41.7 Å². The molecule has 0 N–H and O–H groups in total. The number of rotatable bonds is 3. The highest BCUT2D eigenvalue weighted by Gasteiger charge is 2.16. The molecule has 24 heavy (non-hydrogen) atoms. The van der Waals surface area contributed by atoms with Gasteiger partial charge >= 0.3 is 0 Å². The third-order valence-corrected chi connectivity index (χ3v) is 4.76. The van der Waals surface area contributed by atoms with Crippen LogP contribution >= 0.6 is 23.5 Å². The van der Waals surface area contributed by atoms with Gasteiger partial charge in [0.25, 0.3) is 0 Å². The summed E-state index contributed by atoms with van der Waals surface area (Å²) in [7, 11) is 0. The summed E-state index contributed by atoms with van der Waals surface area (Å²) in [5.41, 5.74) is 1.88. The Bertz CT molecular complexity index is 1020. The van der Waals surface area contributed by atoms with Crippen LogP contribution in [0.2, 0.25) is 5.28 Å². The minimum absolute atomic E-state index is 0.0268. The molecule has 0 unspecified atom stereocenters. The molecule has 2 aromatic heterocycles. The first kappa shape index (κ1) is 15.2. The molecule has 0 atom stereocenters. The molecule has 0 fully saturated rings. The van der Waals surface area contributed by atoms with Crippen molar-refractivity contribution in [3.63, 3.8) is 0 Å². The number of aromatic nitrogens is 3. The smallest absolute Gasteiger partial charge is 0.223 e. The predicted molar refractivity (Wildman–Crippen MR) is 95.6 cm³/mol. The highest BCUT2D eigenvalue weighted by Crippen LogP contribution is 2.35. The summed E-state index contributed by atoms with van der Waals surface area (Å²) < 4.78 is 16.2. The summed E-state index contributed by atoms with van der Waals surface area (Å²) in [5.74, 6) is -0.494. The van der Waals surface area contributed by atoms with Gasteiger partial charge in [0.2, 0.25) is 5.28 Å². The van der Waals surface area contributed by atoms with Crippen LogP contribution in [0.5, 0.6) is 0 Å². The van der Waals surface area contributed by atoms with E-state index in [1.807, 2.05) is 64.8 Å². The number of nitrogens with zero attached hydrogens (tertiary/aromatic N) is 3. The molecule has 0 aliphatic carbocycles. The van der Waals surface area contributed by atoms with Crippen molar-refractivity contribution in [1.29, 1.82) is 0 Å². The van der Waals surface area contributed by atoms with Gasteiger partial charge in [0.15, 0.2) is 5.82 Å². The van der Waals surface area contributed by atoms with Crippen LogP contribution < -0.4 is 0 Å². The van der Waals surface area contributed by atoms with Crippen LogP contribution in [-0.4, -0.2) is 13.9 Å². The Labute approximate surface area is 147 Å². The second-order valence-corrected chi connectivity index (χ2v) is 6.51. The van der Waals surface area contributed by atoms with Crippen molar-refractivity contribution < 1.29 is 4.39 Å². The lowest BCUT2D eigenvalue weighted by molar-refractivity contribution is 0.618. The quantitative estimate of drug-likeness (QED) is 0.458. The van der Waals surface area contributed by atoms with Gasteiger partial charge < -0.3 is 0 Å². The highest BCUT2D eigenvalue weighted by atomic mass is 35.5. The summed E-state index contributed by atoms with van der Waals surface area (Å²) in [5, 5.41) is 0.938. The van der Waals surface area contributed by atoms with Crippen molar-refractivity contribution >= 4 is 34.5 Å². The van der Waals surface area contributed by atoms with Gasteiger partial charge in [0.05, 0.1) is 11.7 Å². The van der Waals surface area contributed by atoms with Crippen LogP contribution in [0.4, 0.5) is 4.39 Å². The first-order chi connectivity index (χ1) is 11.7. The van der Waals surface area contributed by atoms with E-state index < -0.39 is 5.82 Å². The number of benzene rings is 2. The lowest BCUT2D eigenvalue weighted by Gasteiger charge is -2.03. The van der Waals surface area contributed by atoms with Crippen LogP contribution in [0.1, 0.15) is 0 Å². The van der Waals surface area contributed by atoms with E-state index in [1.54, 1.807) is 11.9 Å². The molecule has 118 valence electrons. The molecule has 0 bridgehead atoms. The number of hydrogen-bond acceptors (Lipinski definition) is 3. The third-order valence-electron chi connectivity index (χ3n) is 3.59. The minimum atomic E-state index is -0.494. The molecule has 2 heterocycles. The second kappa shape index (κ2) is 6.26. The van der Waals surface area contributed by atoms with Crippen LogP contribution in [0.25, 0.3) is 22.2 Å². The van der Waals surface area contributed by atoms with Crippen molar-refractivity contribution in [2.45, 2.75) is 4.90 Å². The third kappa shape index (κ3) is 2.77. The fraction of sp³-hybridized carbons (Fsp3) is 0. The zero-order valence-corrected chi connectivity index (χ0v) is 13.9. The molecule has 6 heteroatoms. The van der Waals surface area contributed by atoms with Crippen molar-refractivity contribution in [1.82, 2.24) is 13.9 Å². The number of hydrogen-bond donors (Lipinski definition) is 0. The summed E-state index contributed by atoms with van der Waals surface area (Å²) in [6.45, 7) is 0. The van der Waals surface area contributed by atoms with E-state index in [0.717, 1.165) is 22.0 Å². The Morgan fingerprint density at radius 1 is 1.00 bits per heavy atom. The summed E-state index contributed by atoms with van der Waals surface area (Å²) in [6, 6.07) is 17.8. The van der Waals surface area contributed by atoms with E-state index in [1.165, 1.54) is 0 Å². The summed E-state index contributed by atoms with van der Waals surface area (Å²) >= 11 is 7.41. The average Bonchev–Trinajstić information content (AvgIpc) is 2.97. The maximum Gasteiger partial charge on any atom is 0.223 e. The molecule has 0 saturated heterocycles. The summed E-state index contributed by atoms with van der Waals surface area (Å²) in [6.07, 6.45) is 2.98. The monoisotopic (exact) mass is 355 g/mol. The van der Waals surface area contributed by atoms with Gasteiger partial charge in [-0.3, -0.25) is 3.97 Å². The molecule has 2 aromatic carbocycles. The van der Waals surface area contributed by atoms with E-state index in [9.17, 15) is 4.39 Å². The average molecular weight is 356 g/mol. The zero-order valence-electron chi connectivity index (χ0n) is 12.4. The van der Waals surface area contributed by atoms with Crippen LogP contribution in [-0.2, 0) is 0 Å². The molecular weight excluding hydrogens is 345 g/mol. The van der Waals surface area contributed by atoms with Crippen LogP contribution in [0, 0.1) is 5.82 Å². The normalized spacial score (nSPS) is 11.1. The Kier molecular flexibility index (Phi) is 3.96. The second-order valence-electron chi connectivity index (χ2n) is 5.13. The maximum atomic E-state index is 14.2. The van der Waals surface area contributed by atoms with Gasteiger partial charge in [-0.2, -0.15) is 0 Å². The standard InChI is InChI=1S/C18H11ClFN3S/c19-18-21-10-15(20)17(22-18)14-11-23(16-9-5-4-8-13(14)16)24-12-6-2-1-3-7-12/h1-11H. The van der Waals surface area contributed by atoms with E-state index in [2.05, 4.69) is 9.97 Å². The lowest BCUT2D eigenvalue weighted by atomic mass is 10.1. The first-order valence-electron chi connectivity index (χ1n) is 7.24. The number of para-hydroxylation sites is 1. The van der Waals surface area contributed by atoms with Gasteiger partial charge in [-0.25, -0.2) is 14.4 Å². The Hall–Kier alpha value is -2.37. The van der Waals surface area contributed by atoms with Crippen molar-refractivity contribution in [3.8, 4) is 11.3 Å². The lowest BCUT2D eigenvalue weighted by Crippen LogP contribution is -1.91. The van der Waals surface area contributed by atoms with E-state index >= 15 is 0 Å². The van der Waals surface area contributed by atoms with E-state index in [0.29, 0.717) is 5.56 Å². The molecular formula is C18H11ClFN3S.